The van der Waals surface area contributed by atoms with E-state index < -0.39 is 5.97 Å². The van der Waals surface area contributed by atoms with Crippen molar-refractivity contribution in [2.75, 3.05) is 5.73 Å². The first-order valence-electron chi connectivity index (χ1n) is 5.20. The molecule has 8 heteroatoms. The first-order valence-corrected chi connectivity index (χ1v) is 5.58. The molecule has 0 atom stereocenters. The van der Waals surface area contributed by atoms with Gasteiger partial charge >= 0.3 is 5.97 Å². The highest BCUT2D eigenvalue weighted by Gasteiger charge is 2.14. The monoisotopic (exact) mass is 278 g/mol. The maximum atomic E-state index is 10.9. The lowest BCUT2D eigenvalue weighted by molar-refractivity contribution is 0.0697. The minimum Gasteiger partial charge on any atom is -0.478 e. The molecule has 0 spiro atoms. The molecule has 96 valence electrons. The molecule has 0 aliphatic rings. The maximum Gasteiger partial charge on any atom is 0.335 e. The van der Waals surface area contributed by atoms with Crippen molar-refractivity contribution in [3.8, 4) is 11.6 Å². The predicted octanol–water partition coefficient (Wildman–Crippen LogP) is 1.92. The number of furan rings is 1. The Morgan fingerprint density at radius 1 is 1.42 bits per heavy atom. The number of fused-ring (bicyclic) bond motifs is 1. The Balaban J connectivity index is 2.20. The molecule has 3 N–H and O–H groups in total. The second-order valence-corrected chi connectivity index (χ2v) is 4.16. The van der Waals surface area contributed by atoms with Crippen LogP contribution in [-0.4, -0.2) is 25.7 Å². The van der Waals surface area contributed by atoms with E-state index in [1.807, 2.05) is 0 Å². The molecule has 3 aromatic rings. The predicted molar refractivity (Wildman–Crippen MR) is 67.1 cm³/mol. The van der Waals surface area contributed by atoms with Crippen molar-refractivity contribution in [1.29, 1.82) is 0 Å². The Morgan fingerprint density at radius 3 is 2.84 bits per heavy atom. The van der Waals surface area contributed by atoms with Crippen LogP contribution in [0.15, 0.2) is 28.7 Å². The van der Waals surface area contributed by atoms with Gasteiger partial charge < -0.3 is 15.3 Å². The van der Waals surface area contributed by atoms with E-state index in [0.717, 1.165) is 0 Å². The van der Waals surface area contributed by atoms with Gasteiger partial charge in [-0.15, -0.1) is 5.10 Å². The largest absolute Gasteiger partial charge is 0.478 e. The number of aromatic nitrogens is 3. The van der Waals surface area contributed by atoms with Crippen molar-refractivity contribution in [3.63, 3.8) is 0 Å². The summed E-state index contributed by atoms with van der Waals surface area (Å²) in [7, 11) is 0. The van der Waals surface area contributed by atoms with E-state index in [4.69, 9.17) is 26.9 Å². The Hall–Kier alpha value is -2.54. The zero-order valence-corrected chi connectivity index (χ0v) is 10.1. The molecule has 0 aliphatic carbocycles. The van der Waals surface area contributed by atoms with Crippen molar-refractivity contribution in [1.82, 2.24) is 14.6 Å². The SMILES string of the molecule is Nc1cc(C(=O)O)cc2nc(-c3ccc(Cl)o3)nn12. The number of rotatable bonds is 2. The summed E-state index contributed by atoms with van der Waals surface area (Å²) < 4.78 is 6.52. The lowest BCUT2D eigenvalue weighted by Crippen LogP contribution is -2.03. The molecule has 0 amide bonds. The number of nitrogens with zero attached hydrogens (tertiary/aromatic N) is 3. The number of nitrogens with two attached hydrogens (primary N) is 1. The minimum atomic E-state index is -1.08. The third-order valence-corrected chi connectivity index (χ3v) is 2.71. The van der Waals surface area contributed by atoms with Crippen LogP contribution in [0, 0.1) is 0 Å². The molecule has 0 saturated heterocycles. The number of pyridine rings is 1. The molecular weight excluding hydrogens is 272 g/mol. The third kappa shape index (κ3) is 1.89. The van der Waals surface area contributed by atoms with Gasteiger partial charge in [0.2, 0.25) is 5.82 Å². The van der Waals surface area contributed by atoms with Crippen molar-refractivity contribution >= 4 is 29.0 Å². The highest BCUT2D eigenvalue weighted by Crippen LogP contribution is 2.23. The summed E-state index contributed by atoms with van der Waals surface area (Å²) in [5.74, 6) is -0.253. The molecule has 7 nitrogen and oxygen atoms in total. The van der Waals surface area contributed by atoms with E-state index in [0.29, 0.717) is 11.4 Å². The quantitative estimate of drug-likeness (QED) is 0.741. The summed E-state index contributed by atoms with van der Waals surface area (Å²) in [5.41, 5.74) is 6.09. The van der Waals surface area contributed by atoms with Crippen molar-refractivity contribution in [3.05, 3.63) is 35.0 Å². The fourth-order valence-corrected chi connectivity index (χ4v) is 1.82. The number of aromatic carboxylic acids is 1. The molecule has 0 saturated carbocycles. The highest BCUT2D eigenvalue weighted by atomic mass is 35.5. The van der Waals surface area contributed by atoms with Gasteiger partial charge in [-0.2, -0.15) is 4.52 Å². The van der Waals surface area contributed by atoms with Gasteiger partial charge in [-0.25, -0.2) is 9.78 Å². The van der Waals surface area contributed by atoms with Crippen molar-refractivity contribution in [2.45, 2.75) is 0 Å². The first-order chi connectivity index (χ1) is 9.04. The zero-order chi connectivity index (χ0) is 13.6. The van der Waals surface area contributed by atoms with E-state index in [1.54, 1.807) is 12.1 Å². The van der Waals surface area contributed by atoms with Crippen LogP contribution in [0.3, 0.4) is 0 Å². The molecule has 0 radical (unpaired) electrons. The van der Waals surface area contributed by atoms with E-state index >= 15 is 0 Å². The van der Waals surface area contributed by atoms with Crippen LogP contribution in [0.25, 0.3) is 17.2 Å². The van der Waals surface area contributed by atoms with E-state index in [1.165, 1.54) is 16.6 Å². The second kappa shape index (κ2) is 3.99. The van der Waals surface area contributed by atoms with Crippen LogP contribution in [-0.2, 0) is 0 Å². The maximum absolute atomic E-state index is 10.9. The zero-order valence-electron chi connectivity index (χ0n) is 9.37. The van der Waals surface area contributed by atoms with Gasteiger partial charge in [-0.3, -0.25) is 0 Å². The van der Waals surface area contributed by atoms with Gasteiger partial charge in [-0.05, 0) is 35.9 Å². The molecule has 3 aromatic heterocycles. The third-order valence-electron chi connectivity index (χ3n) is 2.51. The fourth-order valence-electron chi connectivity index (χ4n) is 1.67. The lowest BCUT2D eigenvalue weighted by atomic mass is 10.2. The lowest BCUT2D eigenvalue weighted by Gasteiger charge is -1.99. The normalized spacial score (nSPS) is 11.0. The summed E-state index contributed by atoms with van der Waals surface area (Å²) in [6, 6.07) is 5.86. The van der Waals surface area contributed by atoms with Crippen LogP contribution >= 0.6 is 11.6 Å². The van der Waals surface area contributed by atoms with Crippen LogP contribution < -0.4 is 5.73 Å². The van der Waals surface area contributed by atoms with Crippen molar-refractivity contribution in [2.24, 2.45) is 0 Å². The molecule has 0 fully saturated rings. The average Bonchev–Trinajstić information content (AvgIpc) is 2.94. The molecule has 19 heavy (non-hydrogen) atoms. The van der Waals surface area contributed by atoms with E-state index in [9.17, 15) is 4.79 Å². The van der Waals surface area contributed by atoms with Crippen LogP contribution in [0.4, 0.5) is 5.82 Å². The molecule has 0 aromatic carbocycles. The first kappa shape index (κ1) is 11.5. The van der Waals surface area contributed by atoms with Gasteiger partial charge in [0, 0.05) is 0 Å². The number of nitrogen functional groups attached to an aromatic ring is 1. The summed E-state index contributed by atoms with van der Waals surface area (Å²) in [6.07, 6.45) is 0. The Morgan fingerprint density at radius 2 is 2.21 bits per heavy atom. The average molecular weight is 279 g/mol. The number of carboxylic acid groups (broad SMARTS) is 1. The molecule has 3 heterocycles. The molecule has 0 unspecified atom stereocenters. The van der Waals surface area contributed by atoms with Gasteiger partial charge in [-0.1, -0.05) is 0 Å². The van der Waals surface area contributed by atoms with E-state index in [2.05, 4.69) is 10.1 Å². The van der Waals surface area contributed by atoms with Gasteiger partial charge in [0.1, 0.15) is 5.82 Å². The standard InChI is InChI=1S/C11H7ClN4O3/c12-7-2-1-6(19-7)10-14-9-4-5(11(17)18)3-8(13)16(9)15-10/h1-4H,13H2,(H,17,18). The van der Waals surface area contributed by atoms with Gasteiger partial charge in [0.05, 0.1) is 5.56 Å². The number of carbonyl (C=O) groups is 1. The number of hydrogen-bond acceptors (Lipinski definition) is 5. The molecule has 0 bridgehead atoms. The topological polar surface area (TPSA) is 107 Å². The Labute approximate surface area is 111 Å². The number of carboxylic acids is 1. The van der Waals surface area contributed by atoms with Crippen LogP contribution in [0.1, 0.15) is 10.4 Å². The minimum absolute atomic E-state index is 0.0430. The molecular formula is C11H7ClN4O3. The summed E-state index contributed by atoms with van der Waals surface area (Å²) in [5, 5.41) is 13.3. The Kier molecular flexibility index (Phi) is 2.42. The number of hydrogen-bond donors (Lipinski definition) is 2. The summed E-state index contributed by atoms with van der Waals surface area (Å²) in [4.78, 5) is 15.1. The second-order valence-electron chi connectivity index (χ2n) is 3.78. The van der Waals surface area contributed by atoms with Gasteiger partial charge in [0.15, 0.2) is 16.6 Å². The van der Waals surface area contributed by atoms with Gasteiger partial charge in [0.25, 0.3) is 0 Å². The molecule has 0 aliphatic heterocycles. The number of halogens is 1. The smallest absolute Gasteiger partial charge is 0.335 e. The molecule has 3 rings (SSSR count). The van der Waals surface area contributed by atoms with Crippen LogP contribution in [0.5, 0.6) is 0 Å². The summed E-state index contributed by atoms with van der Waals surface area (Å²) in [6.45, 7) is 0. The number of anilines is 1. The van der Waals surface area contributed by atoms with Crippen LogP contribution in [0.2, 0.25) is 5.22 Å². The fraction of sp³-hybridized carbons (Fsp3) is 0. The Bertz CT molecular complexity index is 792. The van der Waals surface area contributed by atoms with E-state index in [-0.39, 0.29) is 22.4 Å². The highest BCUT2D eigenvalue weighted by molar-refractivity contribution is 6.28. The van der Waals surface area contributed by atoms with Crippen molar-refractivity contribution < 1.29 is 14.3 Å². The summed E-state index contributed by atoms with van der Waals surface area (Å²) >= 11 is 5.68.